The van der Waals surface area contributed by atoms with Crippen molar-refractivity contribution in [3.05, 3.63) is 0 Å². The summed E-state index contributed by atoms with van der Waals surface area (Å²) >= 11 is 0. The van der Waals surface area contributed by atoms with Crippen LogP contribution in [0.3, 0.4) is 0 Å². The molecule has 1 aliphatic rings. The fraction of sp³-hybridized carbons (Fsp3) is 1.00. The van der Waals surface area contributed by atoms with Crippen LogP contribution in [0.1, 0.15) is 32.1 Å². The molecule has 0 aromatic heterocycles. The average Bonchev–Trinajstić information content (AvgIpc) is 2.03. The van der Waals surface area contributed by atoms with Crippen molar-refractivity contribution in [2.75, 3.05) is 6.44 Å². The van der Waals surface area contributed by atoms with Gasteiger partial charge in [0.05, 0.1) is 7.17 Å². The van der Waals surface area contributed by atoms with E-state index >= 15 is 0 Å². The van der Waals surface area contributed by atoms with Gasteiger partial charge in [0, 0.05) is 0 Å². The lowest BCUT2D eigenvalue weighted by atomic mass is 9.32. The number of nitrogens with two attached hydrogens (primary N) is 1. The molecule has 1 aliphatic carbocycles. The van der Waals surface area contributed by atoms with Crippen LogP contribution in [0.4, 0.5) is 0 Å². The molecule has 0 saturated heterocycles. The predicted molar refractivity (Wildman–Crippen MR) is 50.2 cm³/mol. The predicted octanol–water partition coefficient (Wildman–Crippen LogP) is 0.443. The van der Waals surface area contributed by atoms with Gasteiger partial charge in [-0.05, 0) is 6.44 Å². The summed E-state index contributed by atoms with van der Waals surface area (Å²) in [5.74, 6) is 1.03. The first-order valence-corrected chi connectivity index (χ1v) is 4.63. The van der Waals surface area contributed by atoms with Gasteiger partial charge in [0.15, 0.2) is 0 Å². The lowest BCUT2D eigenvalue weighted by molar-refractivity contribution is 0.503. The van der Waals surface area contributed by atoms with Gasteiger partial charge in [-0.2, -0.15) is 0 Å². The van der Waals surface area contributed by atoms with E-state index in [4.69, 9.17) is 5.73 Å². The molecule has 1 saturated carbocycles. The molecule has 0 aromatic carbocycles. The minimum Gasteiger partial charge on any atom is -0.339 e. The van der Waals surface area contributed by atoms with Crippen LogP contribution in [0, 0.1) is 0 Å². The van der Waals surface area contributed by atoms with Crippen LogP contribution in [0.15, 0.2) is 0 Å². The summed E-state index contributed by atoms with van der Waals surface area (Å²) < 4.78 is 0. The summed E-state index contributed by atoms with van der Waals surface area (Å²) in [5.41, 5.74) is 5.45. The van der Waals surface area contributed by atoms with E-state index in [-0.39, 0.29) is 0 Å². The summed E-state index contributed by atoms with van der Waals surface area (Å²) in [5, 5.41) is 0. The van der Waals surface area contributed by atoms with Crippen LogP contribution < -0.4 is 5.73 Å². The molecular weight excluding hydrogens is 120 g/mol. The summed E-state index contributed by atoms with van der Waals surface area (Å²) in [6.07, 6.45) is 8.24. The highest BCUT2D eigenvalue weighted by Gasteiger charge is 2.13. The molecule has 1 fully saturated rings. The summed E-state index contributed by atoms with van der Waals surface area (Å²) in [7, 11) is 2.63. The van der Waals surface area contributed by atoms with Crippen LogP contribution in [-0.2, 0) is 0 Å². The van der Waals surface area contributed by atoms with Gasteiger partial charge in [0.1, 0.15) is 7.17 Å². The highest BCUT2D eigenvalue weighted by Crippen LogP contribution is 2.26. The van der Waals surface area contributed by atoms with Gasteiger partial charge in [-0.3, -0.25) is 0 Å². The zero-order valence-corrected chi connectivity index (χ0v) is 6.81. The van der Waals surface area contributed by atoms with E-state index in [1.165, 1.54) is 46.4 Å². The van der Waals surface area contributed by atoms with Crippen LogP contribution in [-0.4, -0.2) is 20.8 Å². The molecule has 0 aliphatic heterocycles. The number of rotatable bonds is 3. The van der Waals surface area contributed by atoms with E-state index in [1.54, 1.807) is 0 Å². The molecule has 0 unspecified atom stereocenters. The Balaban J connectivity index is 2.02. The lowest BCUT2D eigenvalue weighted by Crippen LogP contribution is -2.21. The second kappa shape index (κ2) is 4.84. The zero-order chi connectivity index (χ0) is 7.23. The average molecular weight is 137 g/mol. The van der Waals surface area contributed by atoms with Crippen molar-refractivity contribution in [3.8, 4) is 0 Å². The third-order valence-electron chi connectivity index (χ3n) is 2.54. The van der Waals surface area contributed by atoms with Crippen molar-refractivity contribution in [2.24, 2.45) is 5.73 Å². The Kier molecular flexibility index (Phi) is 3.96. The van der Waals surface area contributed by atoms with Gasteiger partial charge in [0.25, 0.3) is 0 Å². The second-order valence-corrected chi connectivity index (χ2v) is 3.43. The first-order chi connectivity index (χ1) is 4.93. The van der Waals surface area contributed by atoms with Crippen LogP contribution in [0.2, 0.25) is 5.82 Å². The molecule has 1 rings (SSSR count). The Hall–Kier alpha value is 0.0899. The molecule has 0 aromatic rings. The van der Waals surface area contributed by atoms with E-state index in [2.05, 4.69) is 0 Å². The molecular formula is C7H17B2N. The second-order valence-electron chi connectivity index (χ2n) is 3.43. The van der Waals surface area contributed by atoms with Crippen molar-refractivity contribution < 1.29 is 0 Å². The maximum atomic E-state index is 5.45. The highest BCUT2D eigenvalue weighted by atomic mass is 14.5. The fourth-order valence-corrected chi connectivity index (χ4v) is 1.88. The monoisotopic (exact) mass is 137 g/mol. The smallest absolute Gasteiger partial charge is 0.104 e. The standard InChI is InChI=1S/C7H17B2N/c10-6-8-9-7-4-2-1-3-5-7/h7-9H,1-6,10H2. The minimum absolute atomic E-state index is 0.885. The van der Waals surface area contributed by atoms with Crippen LogP contribution >= 0.6 is 0 Å². The van der Waals surface area contributed by atoms with E-state index in [9.17, 15) is 0 Å². The zero-order valence-electron chi connectivity index (χ0n) is 6.81. The van der Waals surface area contributed by atoms with Gasteiger partial charge in [0.2, 0.25) is 0 Å². The SMILES string of the molecule is NCBBC1CCCCC1. The Labute approximate surface area is 65.2 Å². The minimum atomic E-state index is 0.885. The molecule has 0 amide bonds. The van der Waals surface area contributed by atoms with Gasteiger partial charge in [-0.1, -0.05) is 37.9 Å². The number of hydrogen-bond acceptors (Lipinski definition) is 1. The topological polar surface area (TPSA) is 26.0 Å². The Morgan fingerprint density at radius 2 is 1.90 bits per heavy atom. The van der Waals surface area contributed by atoms with Crippen molar-refractivity contribution in [1.29, 1.82) is 0 Å². The van der Waals surface area contributed by atoms with Crippen molar-refractivity contribution in [3.63, 3.8) is 0 Å². The molecule has 1 nitrogen and oxygen atoms in total. The van der Waals surface area contributed by atoms with Crippen molar-refractivity contribution in [2.45, 2.75) is 37.9 Å². The van der Waals surface area contributed by atoms with Gasteiger partial charge < -0.3 is 5.73 Å². The van der Waals surface area contributed by atoms with Crippen molar-refractivity contribution >= 4 is 14.3 Å². The normalized spacial score (nSPS) is 20.5. The Morgan fingerprint density at radius 1 is 1.20 bits per heavy atom. The molecule has 0 heterocycles. The van der Waals surface area contributed by atoms with E-state index in [0.717, 1.165) is 12.3 Å². The first-order valence-electron chi connectivity index (χ1n) is 4.63. The van der Waals surface area contributed by atoms with Gasteiger partial charge in [-0.15, -0.1) is 0 Å². The maximum absolute atomic E-state index is 5.45. The summed E-state index contributed by atoms with van der Waals surface area (Å²) in [4.78, 5) is 0. The largest absolute Gasteiger partial charge is 0.339 e. The van der Waals surface area contributed by atoms with Crippen LogP contribution in [0.25, 0.3) is 0 Å². The molecule has 10 heavy (non-hydrogen) atoms. The molecule has 56 valence electrons. The quantitative estimate of drug-likeness (QED) is 0.561. The van der Waals surface area contributed by atoms with E-state index < -0.39 is 0 Å². The molecule has 0 spiro atoms. The first kappa shape index (κ1) is 8.19. The molecule has 3 heteroatoms. The molecule has 2 N–H and O–H groups in total. The lowest BCUT2D eigenvalue weighted by Gasteiger charge is -2.19. The maximum Gasteiger partial charge on any atom is 0.104 e. The van der Waals surface area contributed by atoms with Crippen LogP contribution in [0.5, 0.6) is 0 Å². The third kappa shape index (κ3) is 2.78. The van der Waals surface area contributed by atoms with Gasteiger partial charge >= 0.3 is 0 Å². The summed E-state index contributed by atoms with van der Waals surface area (Å²) in [6, 6.07) is 0. The van der Waals surface area contributed by atoms with Crippen molar-refractivity contribution in [1.82, 2.24) is 0 Å². The fourth-order valence-electron chi connectivity index (χ4n) is 1.88. The number of hydrogen-bond donors (Lipinski definition) is 1. The van der Waals surface area contributed by atoms with E-state index in [0.29, 0.717) is 0 Å². The summed E-state index contributed by atoms with van der Waals surface area (Å²) in [6.45, 7) is 0. The Bertz CT molecular complexity index is 81.7. The molecule has 0 atom stereocenters. The van der Waals surface area contributed by atoms with E-state index in [1.807, 2.05) is 0 Å². The molecule has 0 bridgehead atoms. The highest BCUT2D eigenvalue weighted by molar-refractivity contribution is 7.01. The third-order valence-corrected chi connectivity index (χ3v) is 2.54. The van der Waals surface area contributed by atoms with Gasteiger partial charge in [-0.25, -0.2) is 0 Å². The molecule has 0 radical (unpaired) electrons. The Morgan fingerprint density at radius 3 is 2.50 bits per heavy atom.